The van der Waals surface area contributed by atoms with Gasteiger partial charge in [0.05, 0.1) is 0 Å². The Morgan fingerprint density at radius 2 is 1.82 bits per heavy atom. The molecule has 67 valence electrons. The van der Waals surface area contributed by atoms with Crippen molar-refractivity contribution in [2.75, 3.05) is 0 Å². The van der Waals surface area contributed by atoms with Gasteiger partial charge in [0.25, 0.3) is 6.43 Å². The molecule has 5 heteroatoms. The van der Waals surface area contributed by atoms with Crippen LogP contribution in [0.3, 0.4) is 0 Å². The molecule has 0 fully saturated rings. The maximum absolute atomic E-state index is 12.5. The summed E-state index contributed by atoms with van der Waals surface area (Å²) in [6.07, 6.45) is -7.37. The van der Waals surface area contributed by atoms with Crippen molar-refractivity contribution < 1.29 is 22.0 Å². The highest BCUT2D eigenvalue weighted by Gasteiger charge is 2.50. The van der Waals surface area contributed by atoms with Crippen molar-refractivity contribution in [1.29, 1.82) is 0 Å². The van der Waals surface area contributed by atoms with Gasteiger partial charge in [-0.3, -0.25) is 0 Å². The third-order valence-electron chi connectivity index (χ3n) is 1.27. The normalized spacial score (nSPS) is 13.1. The van der Waals surface area contributed by atoms with E-state index >= 15 is 0 Å². The topological polar surface area (TPSA) is 0 Å². The molecule has 11 heavy (non-hydrogen) atoms. The summed E-state index contributed by atoms with van der Waals surface area (Å²) in [5.74, 6) is 0. The fraction of sp³-hybridized carbons (Fsp3) is 0.833. The van der Waals surface area contributed by atoms with Crippen molar-refractivity contribution in [2.45, 2.75) is 31.9 Å². The van der Waals surface area contributed by atoms with Gasteiger partial charge in [0.15, 0.2) is 0 Å². The molecule has 0 rings (SSSR count). The van der Waals surface area contributed by atoms with Crippen molar-refractivity contribution in [3.05, 3.63) is 6.43 Å². The molecule has 1 unspecified atom stereocenters. The van der Waals surface area contributed by atoms with Crippen LogP contribution < -0.4 is 0 Å². The zero-order valence-corrected chi connectivity index (χ0v) is 5.88. The Balaban J connectivity index is 4.26. The number of hydrogen-bond donors (Lipinski definition) is 0. The number of alkyl halides is 3. The molecular weight excluding hydrogens is 167 g/mol. The van der Waals surface area contributed by atoms with Crippen molar-refractivity contribution >= 4 is 0 Å². The molecule has 0 aliphatic heterocycles. The van der Waals surface area contributed by atoms with E-state index in [-0.39, 0.29) is 6.42 Å². The Bertz CT molecular complexity index is 104. The van der Waals surface area contributed by atoms with Gasteiger partial charge in [0.1, 0.15) is 0 Å². The van der Waals surface area contributed by atoms with Crippen LogP contribution in [-0.2, 0) is 0 Å². The number of halogens is 5. The van der Waals surface area contributed by atoms with Crippen LogP contribution in [0.25, 0.3) is 0 Å². The molecule has 0 aromatic rings. The highest BCUT2D eigenvalue weighted by molar-refractivity contribution is 4.95. The molecule has 0 saturated heterocycles. The predicted molar refractivity (Wildman–Crippen MR) is 30.2 cm³/mol. The molecule has 0 bridgehead atoms. The second-order valence-electron chi connectivity index (χ2n) is 2.17. The van der Waals surface area contributed by atoms with Gasteiger partial charge in [-0.1, -0.05) is 13.3 Å². The summed E-state index contributed by atoms with van der Waals surface area (Å²) in [6, 6.07) is 0. The molecule has 0 aliphatic carbocycles. The summed E-state index contributed by atoms with van der Waals surface area (Å²) in [6.45, 7) is 1.36. The summed E-state index contributed by atoms with van der Waals surface area (Å²) in [7, 11) is 0. The quantitative estimate of drug-likeness (QED) is 0.575. The smallest absolute Gasteiger partial charge is 0.231 e. The fourth-order valence-corrected chi connectivity index (χ4v) is 0.650. The molecule has 0 aromatic heterocycles. The summed E-state index contributed by atoms with van der Waals surface area (Å²) < 4.78 is 59.0. The van der Waals surface area contributed by atoms with E-state index in [1.54, 1.807) is 0 Å². The Kier molecular flexibility index (Phi) is 3.75. The maximum atomic E-state index is 12.5. The lowest BCUT2D eigenvalue weighted by Crippen LogP contribution is -2.35. The molecule has 0 heterocycles. The van der Waals surface area contributed by atoms with Crippen molar-refractivity contribution in [1.82, 2.24) is 0 Å². The lowest BCUT2D eigenvalue weighted by molar-refractivity contribution is -0.0783. The molecule has 0 aliphatic rings. The SMILES string of the molecule is CCCC(F)([C](F)F)C(F)F. The first kappa shape index (κ1) is 10.7. The number of hydrogen-bond acceptors (Lipinski definition) is 0. The van der Waals surface area contributed by atoms with Crippen molar-refractivity contribution in [3.63, 3.8) is 0 Å². The lowest BCUT2D eigenvalue weighted by Gasteiger charge is -2.20. The second-order valence-corrected chi connectivity index (χ2v) is 2.17. The summed E-state index contributed by atoms with van der Waals surface area (Å²) in [4.78, 5) is 0. The first-order valence-corrected chi connectivity index (χ1v) is 3.10. The Labute approximate surface area is 61.4 Å². The van der Waals surface area contributed by atoms with Crippen LogP contribution >= 0.6 is 0 Å². The van der Waals surface area contributed by atoms with Crippen LogP contribution in [0.5, 0.6) is 0 Å². The van der Waals surface area contributed by atoms with Gasteiger partial charge < -0.3 is 0 Å². The zero-order chi connectivity index (χ0) is 9.07. The summed E-state index contributed by atoms with van der Waals surface area (Å²) in [5, 5.41) is 0. The molecule has 1 atom stereocenters. The van der Waals surface area contributed by atoms with E-state index in [0.29, 0.717) is 0 Å². The monoisotopic (exact) mass is 175 g/mol. The average Bonchev–Trinajstić information content (AvgIpc) is 1.87. The maximum Gasteiger partial charge on any atom is 0.352 e. The van der Waals surface area contributed by atoms with E-state index in [1.165, 1.54) is 6.92 Å². The van der Waals surface area contributed by atoms with Gasteiger partial charge >= 0.3 is 6.43 Å². The Morgan fingerprint density at radius 3 is 1.91 bits per heavy atom. The highest BCUT2D eigenvalue weighted by atomic mass is 19.3. The molecule has 0 nitrogen and oxygen atoms in total. The first-order chi connectivity index (χ1) is 4.95. The molecular formula is C6H8F5. The van der Waals surface area contributed by atoms with Crippen LogP contribution in [0, 0.1) is 6.43 Å². The van der Waals surface area contributed by atoms with Gasteiger partial charge in [-0.05, 0) is 6.42 Å². The zero-order valence-electron chi connectivity index (χ0n) is 5.88. The molecule has 0 saturated carbocycles. The first-order valence-electron chi connectivity index (χ1n) is 3.10. The van der Waals surface area contributed by atoms with Crippen LogP contribution in [-0.4, -0.2) is 12.1 Å². The van der Waals surface area contributed by atoms with E-state index in [0.717, 1.165) is 0 Å². The minimum atomic E-state index is -3.70. The third kappa shape index (κ3) is 2.31. The van der Waals surface area contributed by atoms with E-state index in [1.807, 2.05) is 0 Å². The minimum absolute atomic E-state index is 0.0435. The van der Waals surface area contributed by atoms with Gasteiger partial charge in [-0.2, -0.15) is 8.78 Å². The summed E-state index contributed by atoms with van der Waals surface area (Å²) >= 11 is 0. The Hall–Kier alpha value is -0.350. The van der Waals surface area contributed by atoms with Gasteiger partial charge in [-0.15, -0.1) is 0 Å². The highest BCUT2D eigenvalue weighted by Crippen LogP contribution is 2.37. The Morgan fingerprint density at radius 1 is 1.36 bits per heavy atom. The van der Waals surface area contributed by atoms with E-state index in [4.69, 9.17) is 0 Å². The standard InChI is InChI=1S/C6H8F5/c1-2-3-6(11,4(7)8)5(9)10/h4H,2-3H2,1H3. The molecule has 0 aromatic carbocycles. The van der Waals surface area contributed by atoms with Crippen molar-refractivity contribution in [2.24, 2.45) is 0 Å². The molecule has 0 N–H and O–H groups in total. The van der Waals surface area contributed by atoms with Crippen LogP contribution in [0.2, 0.25) is 0 Å². The molecule has 0 amide bonds. The third-order valence-corrected chi connectivity index (χ3v) is 1.27. The minimum Gasteiger partial charge on any atom is -0.231 e. The molecule has 0 spiro atoms. The van der Waals surface area contributed by atoms with E-state index in [2.05, 4.69) is 0 Å². The largest absolute Gasteiger partial charge is 0.352 e. The average molecular weight is 175 g/mol. The predicted octanol–water partition coefficient (Wildman–Crippen LogP) is 3.19. The van der Waals surface area contributed by atoms with E-state index in [9.17, 15) is 22.0 Å². The van der Waals surface area contributed by atoms with E-state index < -0.39 is 24.9 Å². The van der Waals surface area contributed by atoms with Crippen LogP contribution in [0.15, 0.2) is 0 Å². The second kappa shape index (κ2) is 3.88. The van der Waals surface area contributed by atoms with Gasteiger partial charge in [0, 0.05) is 0 Å². The lowest BCUT2D eigenvalue weighted by atomic mass is 10.0. The van der Waals surface area contributed by atoms with Crippen LogP contribution in [0.4, 0.5) is 22.0 Å². The fourth-order valence-electron chi connectivity index (χ4n) is 0.650. The van der Waals surface area contributed by atoms with Gasteiger partial charge in [0.2, 0.25) is 5.67 Å². The number of rotatable bonds is 4. The molecule has 1 radical (unpaired) electrons. The van der Waals surface area contributed by atoms with Crippen molar-refractivity contribution in [3.8, 4) is 0 Å². The van der Waals surface area contributed by atoms with Gasteiger partial charge in [-0.25, -0.2) is 13.2 Å². The van der Waals surface area contributed by atoms with Crippen LogP contribution in [0.1, 0.15) is 19.8 Å². The summed E-state index contributed by atoms with van der Waals surface area (Å²) in [5.41, 5.74) is -3.70.